The average molecular weight is 211 g/mol. The van der Waals surface area contributed by atoms with E-state index in [1.807, 2.05) is 6.07 Å². The summed E-state index contributed by atoms with van der Waals surface area (Å²) in [4.78, 5) is 0. The van der Waals surface area contributed by atoms with E-state index in [1.54, 1.807) is 0 Å². The number of nitrogens with zero attached hydrogens (tertiary/aromatic N) is 1. The summed E-state index contributed by atoms with van der Waals surface area (Å²) in [5.74, 6) is 1.53. The lowest BCUT2D eigenvalue weighted by atomic mass is 9.81. The minimum atomic E-state index is 0.416. The minimum absolute atomic E-state index is 0.416. The Morgan fingerprint density at radius 3 is 2.69 bits per heavy atom. The highest BCUT2D eigenvalue weighted by Crippen LogP contribution is 2.46. The Balaban J connectivity index is 2.23. The smallest absolute Gasteiger partial charge is 0.0625 e. The van der Waals surface area contributed by atoms with Gasteiger partial charge in [-0.1, -0.05) is 37.3 Å². The van der Waals surface area contributed by atoms with Crippen LogP contribution in [0, 0.1) is 36.5 Å². The number of benzene rings is 1. The Kier molecular flexibility index (Phi) is 3.62. The van der Waals surface area contributed by atoms with Crippen LogP contribution in [0.1, 0.15) is 30.7 Å². The van der Waals surface area contributed by atoms with Gasteiger partial charge in [0.15, 0.2) is 0 Å². The molecule has 0 saturated heterocycles. The van der Waals surface area contributed by atoms with Crippen molar-refractivity contribution < 1.29 is 0 Å². The number of hydrogen-bond donors (Lipinski definition) is 0. The fourth-order valence-electron chi connectivity index (χ4n) is 2.80. The Bertz CT molecular complexity index is 363. The summed E-state index contributed by atoms with van der Waals surface area (Å²) in [6.45, 7) is 4.04. The van der Waals surface area contributed by atoms with Crippen LogP contribution in [0.3, 0.4) is 0 Å². The fraction of sp³-hybridized carbons (Fsp3) is 0.400. The molecule has 0 spiro atoms. The summed E-state index contributed by atoms with van der Waals surface area (Å²) in [7, 11) is 0. The Morgan fingerprint density at radius 1 is 1.31 bits per heavy atom. The van der Waals surface area contributed by atoms with E-state index in [9.17, 15) is 0 Å². The summed E-state index contributed by atoms with van der Waals surface area (Å²) < 4.78 is 0. The highest BCUT2D eigenvalue weighted by molar-refractivity contribution is 5.25. The van der Waals surface area contributed by atoms with Crippen LogP contribution in [-0.2, 0) is 0 Å². The van der Waals surface area contributed by atoms with Crippen molar-refractivity contribution in [3.05, 3.63) is 49.2 Å². The zero-order valence-corrected chi connectivity index (χ0v) is 9.47. The number of nitriles is 1. The van der Waals surface area contributed by atoms with Gasteiger partial charge in [0.2, 0.25) is 0 Å². The van der Waals surface area contributed by atoms with Gasteiger partial charge < -0.3 is 0 Å². The summed E-state index contributed by atoms with van der Waals surface area (Å²) in [6, 6.07) is 12.9. The number of rotatable bonds is 3. The zero-order chi connectivity index (χ0) is 11.4. The van der Waals surface area contributed by atoms with Crippen molar-refractivity contribution in [1.29, 1.82) is 5.26 Å². The van der Waals surface area contributed by atoms with Gasteiger partial charge in [-0.3, -0.25) is 0 Å². The van der Waals surface area contributed by atoms with Crippen molar-refractivity contribution in [1.82, 2.24) is 0 Å². The molecule has 82 valence electrons. The standard InChI is InChI=1S/C15H17N/c1-2-12-8-9-14(10-11-16)15(12)13-6-4-3-5-7-13/h3-7,9,12,14-15H,1-2,8,10H2. The quantitative estimate of drug-likeness (QED) is 0.747. The van der Waals surface area contributed by atoms with E-state index >= 15 is 0 Å². The fourth-order valence-corrected chi connectivity index (χ4v) is 2.80. The maximum atomic E-state index is 8.86. The molecule has 1 nitrogen and oxygen atoms in total. The second kappa shape index (κ2) is 5.16. The van der Waals surface area contributed by atoms with Crippen LogP contribution in [0.15, 0.2) is 30.3 Å². The topological polar surface area (TPSA) is 23.8 Å². The Morgan fingerprint density at radius 2 is 2.06 bits per heavy atom. The first kappa shape index (κ1) is 11.2. The molecule has 1 aliphatic rings. The van der Waals surface area contributed by atoms with Gasteiger partial charge in [-0.15, -0.1) is 0 Å². The third-order valence-electron chi connectivity index (χ3n) is 3.59. The number of hydrogen-bond acceptors (Lipinski definition) is 1. The van der Waals surface area contributed by atoms with Crippen molar-refractivity contribution >= 4 is 0 Å². The molecule has 1 saturated carbocycles. The monoisotopic (exact) mass is 211 g/mol. The molecular weight excluding hydrogens is 194 g/mol. The molecule has 3 atom stereocenters. The predicted molar refractivity (Wildman–Crippen MR) is 65.3 cm³/mol. The molecule has 1 aliphatic carbocycles. The van der Waals surface area contributed by atoms with Crippen LogP contribution < -0.4 is 0 Å². The molecule has 16 heavy (non-hydrogen) atoms. The van der Waals surface area contributed by atoms with Crippen molar-refractivity contribution in [3.8, 4) is 6.07 Å². The molecule has 1 heteroatoms. The van der Waals surface area contributed by atoms with Gasteiger partial charge in [-0.25, -0.2) is 0 Å². The molecule has 0 N–H and O–H groups in total. The second-order valence-corrected chi connectivity index (χ2v) is 4.48. The summed E-state index contributed by atoms with van der Waals surface area (Å²) in [6.07, 6.45) is 5.01. The van der Waals surface area contributed by atoms with Crippen LogP contribution >= 0.6 is 0 Å². The highest BCUT2D eigenvalue weighted by Gasteiger charge is 2.35. The average Bonchev–Trinajstić information content (AvgIpc) is 2.74. The van der Waals surface area contributed by atoms with Crippen LogP contribution in [0.5, 0.6) is 0 Å². The van der Waals surface area contributed by atoms with E-state index < -0.39 is 0 Å². The first-order chi connectivity index (χ1) is 7.86. The van der Waals surface area contributed by atoms with Crippen LogP contribution in [-0.4, -0.2) is 0 Å². The lowest BCUT2D eigenvalue weighted by molar-refractivity contribution is 0.425. The van der Waals surface area contributed by atoms with E-state index in [0.29, 0.717) is 24.2 Å². The van der Waals surface area contributed by atoms with Gasteiger partial charge in [0.1, 0.15) is 0 Å². The van der Waals surface area contributed by atoms with Crippen molar-refractivity contribution in [3.63, 3.8) is 0 Å². The lowest BCUT2D eigenvalue weighted by Crippen LogP contribution is -2.12. The molecule has 1 aromatic rings. The van der Waals surface area contributed by atoms with E-state index in [1.165, 1.54) is 5.56 Å². The van der Waals surface area contributed by atoms with Crippen molar-refractivity contribution in [2.24, 2.45) is 11.8 Å². The van der Waals surface area contributed by atoms with Crippen LogP contribution in [0.2, 0.25) is 0 Å². The van der Waals surface area contributed by atoms with E-state index in [0.717, 1.165) is 12.8 Å². The normalized spacial score (nSPS) is 28.9. The van der Waals surface area contributed by atoms with Crippen LogP contribution in [0.25, 0.3) is 0 Å². The molecular formula is C15H17N. The summed E-state index contributed by atoms with van der Waals surface area (Å²) >= 11 is 0. The van der Waals surface area contributed by atoms with Gasteiger partial charge in [0, 0.05) is 6.42 Å². The molecule has 0 bridgehead atoms. The summed E-state index contributed by atoms with van der Waals surface area (Å²) in [5.41, 5.74) is 1.37. The first-order valence-electron chi connectivity index (χ1n) is 5.91. The SMILES string of the molecule is [CH2]CC1C[CH]C(CC#N)C1c1ccccc1. The van der Waals surface area contributed by atoms with E-state index in [2.05, 4.69) is 43.7 Å². The molecule has 1 aromatic carbocycles. The molecule has 0 amide bonds. The predicted octanol–water partition coefficient (Wildman–Crippen LogP) is 3.75. The van der Waals surface area contributed by atoms with Crippen LogP contribution in [0.4, 0.5) is 0 Å². The highest BCUT2D eigenvalue weighted by atomic mass is 14.4. The van der Waals surface area contributed by atoms with E-state index in [-0.39, 0.29) is 0 Å². The molecule has 0 aliphatic heterocycles. The van der Waals surface area contributed by atoms with E-state index in [4.69, 9.17) is 5.26 Å². The Labute approximate surface area is 98.1 Å². The van der Waals surface area contributed by atoms with Gasteiger partial charge in [0.05, 0.1) is 6.07 Å². The minimum Gasteiger partial charge on any atom is -0.198 e. The maximum absolute atomic E-state index is 8.86. The van der Waals surface area contributed by atoms with Gasteiger partial charge in [-0.05, 0) is 42.6 Å². The first-order valence-corrected chi connectivity index (χ1v) is 5.91. The second-order valence-electron chi connectivity index (χ2n) is 4.48. The lowest BCUT2D eigenvalue weighted by Gasteiger charge is -2.23. The van der Waals surface area contributed by atoms with Crippen molar-refractivity contribution in [2.45, 2.75) is 25.2 Å². The largest absolute Gasteiger partial charge is 0.198 e. The molecule has 1 fully saturated rings. The third kappa shape index (κ3) is 2.11. The van der Waals surface area contributed by atoms with Gasteiger partial charge in [0.25, 0.3) is 0 Å². The molecule has 0 aromatic heterocycles. The molecule has 0 heterocycles. The molecule has 2 rings (SSSR count). The maximum Gasteiger partial charge on any atom is 0.0625 e. The third-order valence-corrected chi connectivity index (χ3v) is 3.59. The molecule has 2 radical (unpaired) electrons. The molecule has 3 unspecified atom stereocenters. The summed E-state index contributed by atoms with van der Waals surface area (Å²) in [5, 5.41) is 8.86. The van der Waals surface area contributed by atoms with Crippen molar-refractivity contribution in [2.75, 3.05) is 0 Å². The Hall–Kier alpha value is -1.29. The zero-order valence-electron chi connectivity index (χ0n) is 9.47. The van der Waals surface area contributed by atoms with Gasteiger partial charge >= 0.3 is 0 Å². The van der Waals surface area contributed by atoms with Gasteiger partial charge in [-0.2, -0.15) is 5.26 Å².